The molecule has 3 heterocycles. The summed E-state index contributed by atoms with van der Waals surface area (Å²) in [6.45, 7) is 1.90. The molecule has 1 unspecified atom stereocenters. The number of benzene rings is 2. The van der Waals surface area contributed by atoms with Crippen molar-refractivity contribution in [2.45, 2.75) is 13.0 Å². The Labute approximate surface area is 170 Å². The van der Waals surface area contributed by atoms with Gasteiger partial charge < -0.3 is 9.84 Å². The topological polar surface area (TPSA) is 86.0 Å². The fraction of sp³-hybridized carbons (Fsp3) is 0.0909. The zero-order chi connectivity index (χ0) is 20.7. The number of fused-ring (bicyclic) bond motifs is 2. The molecule has 0 bridgehead atoms. The minimum atomic E-state index is -0.274. The third kappa shape index (κ3) is 3.08. The van der Waals surface area contributed by atoms with Gasteiger partial charge in [0.2, 0.25) is 5.88 Å². The van der Waals surface area contributed by atoms with Crippen LogP contribution in [0.15, 0.2) is 67.1 Å². The lowest BCUT2D eigenvalue weighted by molar-refractivity contribution is 0.412. The Bertz CT molecular complexity index is 1380. The van der Waals surface area contributed by atoms with Crippen LogP contribution in [0.4, 0.5) is 4.39 Å². The van der Waals surface area contributed by atoms with E-state index in [2.05, 4.69) is 20.1 Å². The lowest BCUT2D eigenvalue weighted by Crippen LogP contribution is -2.09. The van der Waals surface area contributed by atoms with E-state index in [0.717, 1.165) is 10.9 Å². The van der Waals surface area contributed by atoms with E-state index in [4.69, 9.17) is 4.74 Å². The van der Waals surface area contributed by atoms with E-state index in [1.54, 1.807) is 53.5 Å². The van der Waals surface area contributed by atoms with Crippen LogP contribution >= 0.6 is 0 Å². The molecule has 0 aliphatic heterocycles. The molecule has 5 rings (SSSR count). The van der Waals surface area contributed by atoms with Crippen LogP contribution in [0.5, 0.6) is 17.6 Å². The number of hydrogen-bond donors (Lipinski definition) is 1. The van der Waals surface area contributed by atoms with E-state index in [9.17, 15) is 9.50 Å². The summed E-state index contributed by atoms with van der Waals surface area (Å²) < 4.78 is 21.7. The number of rotatable bonds is 4. The maximum atomic E-state index is 14.2. The van der Waals surface area contributed by atoms with Crippen molar-refractivity contribution in [3.05, 3.63) is 78.5 Å². The molecule has 30 heavy (non-hydrogen) atoms. The lowest BCUT2D eigenvalue weighted by atomic mass is 10.1. The largest absolute Gasteiger partial charge is 0.493 e. The van der Waals surface area contributed by atoms with Crippen molar-refractivity contribution < 1.29 is 14.2 Å². The summed E-state index contributed by atoms with van der Waals surface area (Å²) >= 11 is 0. The summed E-state index contributed by atoms with van der Waals surface area (Å²) in [6.07, 6.45) is 4.78. The number of halogens is 1. The highest BCUT2D eigenvalue weighted by molar-refractivity contribution is 5.82. The minimum Gasteiger partial charge on any atom is -0.493 e. The van der Waals surface area contributed by atoms with Gasteiger partial charge in [0.25, 0.3) is 0 Å². The molecule has 0 fully saturated rings. The number of pyridine rings is 1. The summed E-state index contributed by atoms with van der Waals surface area (Å²) in [5.41, 5.74) is 1.88. The van der Waals surface area contributed by atoms with Crippen molar-refractivity contribution in [3.63, 3.8) is 0 Å². The van der Waals surface area contributed by atoms with Crippen LogP contribution < -0.4 is 4.74 Å². The van der Waals surface area contributed by atoms with Gasteiger partial charge in [-0.15, -0.1) is 0 Å². The molecular weight excluding hydrogens is 385 g/mol. The molecular formula is C22H16FN5O2. The second kappa shape index (κ2) is 7.07. The van der Waals surface area contributed by atoms with E-state index < -0.39 is 0 Å². The number of ether oxygens (including phenoxy) is 1. The van der Waals surface area contributed by atoms with Gasteiger partial charge in [0.05, 0.1) is 34.9 Å². The summed E-state index contributed by atoms with van der Waals surface area (Å²) in [5.74, 6) is 0.0459. The Balaban J connectivity index is 1.47. The Morgan fingerprint density at radius 2 is 1.93 bits per heavy atom. The van der Waals surface area contributed by atoms with Crippen LogP contribution in [0.25, 0.3) is 21.8 Å². The second-order valence-corrected chi connectivity index (χ2v) is 6.83. The van der Waals surface area contributed by atoms with E-state index in [1.807, 2.05) is 13.0 Å². The molecule has 0 aliphatic carbocycles. The van der Waals surface area contributed by atoms with Gasteiger partial charge in [-0.3, -0.25) is 9.67 Å². The van der Waals surface area contributed by atoms with E-state index in [0.29, 0.717) is 22.2 Å². The van der Waals surface area contributed by atoms with Crippen molar-refractivity contribution >= 4 is 21.8 Å². The molecule has 0 aliphatic rings. The first-order valence-electron chi connectivity index (χ1n) is 9.30. The molecule has 148 valence electrons. The Kier molecular flexibility index (Phi) is 4.24. The summed E-state index contributed by atoms with van der Waals surface area (Å²) in [7, 11) is 0. The maximum absolute atomic E-state index is 14.2. The number of nitrogens with zero attached hydrogens (tertiary/aromatic N) is 5. The van der Waals surface area contributed by atoms with Gasteiger partial charge in [0.1, 0.15) is 11.6 Å². The SMILES string of the molecule is CC(c1ccccc1F)n1ncc2cc(Oc3nc(O)c4ccncc4n3)ccc21. The summed E-state index contributed by atoms with van der Waals surface area (Å²) in [4.78, 5) is 12.3. The Hall–Kier alpha value is -4.07. The molecule has 0 spiro atoms. The standard InChI is InChI=1S/C22H16FN5O2/c1-13(16-4-2-3-5-18(16)23)28-20-7-6-15(10-14(20)11-25-28)30-22-26-19-12-24-9-8-17(19)21(29)27-22/h2-13H,1H3,(H,26,27,29). The smallest absolute Gasteiger partial charge is 0.325 e. The molecule has 2 aromatic carbocycles. The monoisotopic (exact) mass is 401 g/mol. The molecule has 0 amide bonds. The van der Waals surface area contributed by atoms with Crippen molar-refractivity contribution in [1.82, 2.24) is 24.7 Å². The van der Waals surface area contributed by atoms with Gasteiger partial charge in [-0.2, -0.15) is 15.1 Å². The maximum Gasteiger partial charge on any atom is 0.325 e. The Morgan fingerprint density at radius 1 is 1.07 bits per heavy atom. The van der Waals surface area contributed by atoms with Gasteiger partial charge in [-0.25, -0.2) is 4.39 Å². The molecule has 0 radical (unpaired) electrons. The van der Waals surface area contributed by atoms with Gasteiger partial charge in [0, 0.05) is 17.1 Å². The molecule has 3 aromatic heterocycles. The third-order valence-electron chi connectivity index (χ3n) is 4.96. The van der Waals surface area contributed by atoms with E-state index >= 15 is 0 Å². The van der Waals surface area contributed by atoms with Crippen LogP contribution in [0.2, 0.25) is 0 Å². The first-order valence-corrected chi connectivity index (χ1v) is 9.30. The zero-order valence-corrected chi connectivity index (χ0v) is 15.9. The Morgan fingerprint density at radius 3 is 2.80 bits per heavy atom. The van der Waals surface area contributed by atoms with E-state index in [-0.39, 0.29) is 23.7 Å². The first-order chi connectivity index (χ1) is 14.6. The minimum absolute atomic E-state index is 0.0134. The predicted molar refractivity (Wildman–Crippen MR) is 109 cm³/mol. The third-order valence-corrected chi connectivity index (χ3v) is 4.96. The molecule has 1 N–H and O–H groups in total. The highest BCUT2D eigenvalue weighted by atomic mass is 19.1. The van der Waals surface area contributed by atoms with Gasteiger partial charge in [-0.05, 0) is 37.3 Å². The molecule has 0 saturated heterocycles. The van der Waals surface area contributed by atoms with Crippen LogP contribution in [-0.4, -0.2) is 29.8 Å². The summed E-state index contributed by atoms with van der Waals surface area (Å²) in [6, 6.07) is 13.4. The average molecular weight is 401 g/mol. The number of aromatic nitrogens is 5. The van der Waals surface area contributed by atoms with Crippen LogP contribution in [0, 0.1) is 5.82 Å². The highest BCUT2D eigenvalue weighted by Gasteiger charge is 2.16. The van der Waals surface area contributed by atoms with Gasteiger partial charge in [0.15, 0.2) is 0 Å². The van der Waals surface area contributed by atoms with Gasteiger partial charge in [-0.1, -0.05) is 18.2 Å². The van der Waals surface area contributed by atoms with Crippen molar-refractivity contribution in [1.29, 1.82) is 0 Å². The molecule has 1 atom stereocenters. The quantitative estimate of drug-likeness (QED) is 0.473. The molecule has 8 heteroatoms. The van der Waals surface area contributed by atoms with Crippen LogP contribution in [0.3, 0.4) is 0 Å². The second-order valence-electron chi connectivity index (χ2n) is 6.83. The van der Waals surface area contributed by atoms with Crippen molar-refractivity contribution in [2.24, 2.45) is 0 Å². The van der Waals surface area contributed by atoms with Crippen molar-refractivity contribution in [3.8, 4) is 17.6 Å². The average Bonchev–Trinajstić information content (AvgIpc) is 3.17. The molecule has 0 saturated carbocycles. The van der Waals surface area contributed by atoms with Crippen LogP contribution in [0.1, 0.15) is 18.5 Å². The van der Waals surface area contributed by atoms with Gasteiger partial charge >= 0.3 is 6.01 Å². The lowest BCUT2D eigenvalue weighted by Gasteiger charge is -2.15. The predicted octanol–water partition coefficient (Wildman–Crippen LogP) is 4.62. The zero-order valence-electron chi connectivity index (χ0n) is 15.9. The number of hydrogen-bond acceptors (Lipinski definition) is 6. The summed E-state index contributed by atoms with van der Waals surface area (Å²) in [5, 5.41) is 15.8. The number of aromatic hydroxyl groups is 1. The molecule has 5 aromatic rings. The first kappa shape index (κ1) is 18.0. The molecule has 7 nitrogen and oxygen atoms in total. The fourth-order valence-electron chi connectivity index (χ4n) is 3.44. The fourth-order valence-corrected chi connectivity index (χ4v) is 3.44. The van der Waals surface area contributed by atoms with Crippen molar-refractivity contribution in [2.75, 3.05) is 0 Å². The highest BCUT2D eigenvalue weighted by Crippen LogP contribution is 2.30. The van der Waals surface area contributed by atoms with Crippen LogP contribution in [-0.2, 0) is 0 Å². The normalized spacial score (nSPS) is 12.3. The van der Waals surface area contributed by atoms with E-state index in [1.165, 1.54) is 12.3 Å².